The van der Waals surface area contributed by atoms with E-state index in [1.54, 1.807) is 0 Å². The molecule has 2 rings (SSSR count). The predicted molar refractivity (Wildman–Crippen MR) is 94.5 cm³/mol. The first-order chi connectivity index (χ1) is 10.8. The van der Waals surface area contributed by atoms with E-state index in [4.69, 9.17) is 4.74 Å². The summed E-state index contributed by atoms with van der Waals surface area (Å²) in [6.07, 6.45) is 8.19. The van der Waals surface area contributed by atoms with Crippen molar-refractivity contribution in [2.24, 2.45) is 11.8 Å². The first kappa shape index (κ1) is 18.6. The number of carbonyl (C=O) groups excluding carboxylic acids is 1. The summed E-state index contributed by atoms with van der Waals surface area (Å²) in [4.78, 5) is 12.0. The number of rotatable bonds is 4. The Hall–Kier alpha value is -0.770. The Labute approximate surface area is 142 Å². The quantitative estimate of drug-likeness (QED) is 0.813. The molecule has 4 heteroatoms. The van der Waals surface area contributed by atoms with Crippen molar-refractivity contribution in [2.45, 2.75) is 103 Å². The van der Waals surface area contributed by atoms with Gasteiger partial charge in [-0.1, -0.05) is 20.3 Å². The van der Waals surface area contributed by atoms with Gasteiger partial charge in [-0.3, -0.25) is 0 Å². The fourth-order valence-electron chi connectivity index (χ4n) is 4.31. The van der Waals surface area contributed by atoms with Crippen LogP contribution in [0, 0.1) is 11.8 Å². The van der Waals surface area contributed by atoms with Crippen LogP contribution in [0.3, 0.4) is 0 Å². The van der Waals surface area contributed by atoms with Gasteiger partial charge in [-0.25, -0.2) is 4.79 Å². The highest BCUT2D eigenvalue weighted by molar-refractivity contribution is 5.68. The van der Waals surface area contributed by atoms with Gasteiger partial charge in [0.15, 0.2) is 0 Å². The van der Waals surface area contributed by atoms with Gasteiger partial charge in [0.2, 0.25) is 0 Å². The Bertz CT molecular complexity index is 391. The lowest BCUT2D eigenvalue weighted by Gasteiger charge is -2.34. The highest BCUT2D eigenvalue weighted by Crippen LogP contribution is 2.35. The van der Waals surface area contributed by atoms with Gasteiger partial charge in [-0.15, -0.1) is 0 Å². The first-order valence-corrected chi connectivity index (χ1v) is 9.54. The molecule has 0 saturated heterocycles. The molecule has 5 unspecified atom stereocenters. The zero-order valence-corrected chi connectivity index (χ0v) is 15.7. The molecule has 0 aliphatic heterocycles. The Morgan fingerprint density at radius 2 is 1.83 bits per heavy atom. The van der Waals surface area contributed by atoms with Crippen molar-refractivity contribution in [3.63, 3.8) is 0 Å². The molecule has 0 aromatic carbocycles. The summed E-state index contributed by atoms with van der Waals surface area (Å²) in [5, 5.41) is 6.95. The maximum absolute atomic E-state index is 12.0. The summed E-state index contributed by atoms with van der Waals surface area (Å²) in [6, 6.07) is 1.44. The fourth-order valence-corrected chi connectivity index (χ4v) is 4.31. The highest BCUT2D eigenvalue weighted by atomic mass is 16.6. The maximum atomic E-state index is 12.0. The third-order valence-electron chi connectivity index (χ3n) is 5.60. The zero-order chi connectivity index (χ0) is 17.0. The Morgan fingerprint density at radius 1 is 1.13 bits per heavy atom. The molecule has 5 atom stereocenters. The van der Waals surface area contributed by atoms with E-state index in [2.05, 4.69) is 24.5 Å². The van der Waals surface area contributed by atoms with E-state index in [1.807, 2.05) is 20.8 Å². The monoisotopic (exact) mass is 324 g/mol. The Kier molecular flexibility index (Phi) is 6.35. The molecule has 0 bridgehead atoms. The molecule has 0 aromatic heterocycles. The number of nitrogens with one attached hydrogen (secondary N) is 2. The first-order valence-electron chi connectivity index (χ1n) is 9.54. The van der Waals surface area contributed by atoms with Gasteiger partial charge in [0.25, 0.3) is 0 Å². The van der Waals surface area contributed by atoms with Gasteiger partial charge in [-0.2, -0.15) is 0 Å². The molecule has 134 valence electrons. The number of hydrogen-bond donors (Lipinski definition) is 2. The topological polar surface area (TPSA) is 50.4 Å². The summed E-state index contributed by atoms with van der Waals surface area (Å²) in [5.41, 5.74) is -0.426. The van der Waals surface area contributed by atoms with Gasteiger partial charge in [0.1, 0.15) is 5.60 Å². The molecular formula is C19H36N2O2. The van der Waals surface area contributed by atoms with Crippen molar-refractivity contribution in [1.29, 1.82) is 0 Å². The van der Waals surface area contributed by atoms with Crippen LogP contribution in [0.15, 0.2) is 0 Å². The van der Waals surface area contributed by atoms with Gasteiger partial charge in [-0.05, 0) is 71.1 Å². The Morgan fingerprint density at radius 3 is 2.43 bits per heavy atom. The van der Waals surface area contributed by atoms with E-state index in [9.17, 15) is 4.79 Å². The van der Waals surface area contributed by atoms with Crippen molar-refractivity contribution < 1.29 is 9.53 Å². The summed E-state index contributed by atoms with van der Waals surface area (Å²) in [6.45, 7) is 10.4. The number of hydrogen-bond acceptors (Lipinski definition) is 3. The summed E-state index contributed by atoms with van der Waals surface area (Å²) in [7, 11) is 0. The van der Waals surface area contributed by atoms with E-state index in [0.717, 1.165) is 24.7 Å². The molecule has 2 aliphatic carbocycles. The van der Waals surface area contributed by atoms with E-state index in [1.165, 1.54) is 32.1 Å². The van der Waals surface area contributed by atoms with Gasteiger partial charge < -0.3 is 15.4 Å². The van der Waals surface area contributed by atoms with E-state index < -0.39 is 5.60 Å². The lowest BCUT2D eigenvalue weighted by atomic mass is 9.88. The SMILES string of the molecule is CCC1CCC(NC2CCCC(NC(=O)OC(C)(C)C)C2)C1C. The van der Waals surface area contributed by atoms with Crippen LogP contribution in [0.5, 0.6) is 0 Å². The molecule has 23 heavy (non-hydrogen) atoms. The molecule has 2 aliphatic rings. The summed E-state index contributed by atoms with van der Waals surface area (Å²) < 4.78 is 5.38. The van der Waals surface area contributed by atoms with Crippen LogP contribution < -0.4 is 10.6 Å². The second kappa shape index (κ2) is 7.87. The van der Waals surface area contributed by atoms with Crippen molar-refractivity contribution >= 4 is 6.09 Å². The predicted octanol–water partition coefficient (Wildman–Crippen LogP) is 4.24. The van der Waals surface area contributed by atoms with Crippen LogP contribution in [-0.2, 0) is 4.74 Å². The second-order valence-electron chi connectivity index (χ2n) is 8.58. The van der Waals surface area contributed by atoms with Crippen LogP contribution in [0.1, 0.15) is 79.6 Å². The van der Waals surface area contributed by atoms with Crippen LogP contribution in [0.4, 0.5) is 4.79 Å². The molecule has 2 N–H and O–H groups in total. The van der Waals surface area contributed by atoms with Crippen molar-refractivity contribution in [1.82, 2.24) is 10.6 Å². The fraction of sp³-hybridized carbons (Fsp3) is 0.947. The largest absolute Gasteiger partial charge is 0.444 e. The van der Waals surface area contributed by atoms with Crippen LogP contribution in [-0.4, -0.2) is 29.8 Å². The molecule has 4 nitrogen and oxygen atoms in total. The second-order valence-corrected chi connectivity index (χ2v) is 8.58. The minimum absolute atomic E-state index is 0.245. The summed E-state index contributed by atoms with van der Waals surface area (Å²) in [5.74, 6) is 1.66. The Balaban J connectivity index is 1.78. The van der Waals surface area contributed by atoms with Crippen molar-refractivity contribution in [3.8, 4) is 0 Å². The third kappa shape index (κ3) is 5.66. The average molecular weight is 325 g/mol. The van der Waals surface area contributed by atoms with E-state index >= 15 is 0 Å². The average Bonchev–Trinajstić information content (AvgIpc) is 2.78. The van der Waals surface area contributed by atoms with E-state index in [0.29, 0.717) is 12.1 Å². The molecular weight excluding hydrogens is 288 g/mol. The number of alkyl carbamates (subject to hydrolysis) is 1. The smallest absolute Gasteiger partial charge is 0.407 e. The lowest BCUT2D eigenvalue weighted by molar-refractivity contribution is 0.0487. The minimum Gasteiger partial charge on any atom is -0.444 e. The molecule has 0 heterocycles. The van der Waals surface area contributed by atoms with Gasteiger partial charge >= 0.3 is 6.09 Å². The third-order valence-corrected chi connectivity index (χ3v) is 5.60. The van der Waals surface area contributed by atoms with Gasteiger partial charge in [0, 0.05) is 18.1 Å². The van der Waals surface area contributed by atoms with Crippen molar-refractivity contribution in [3.05, 3.63) is 0 Å². The molecule has 0 aromatic rings. The minimum atomic E-state index is -0.426. The highest BCUT2D eigenvalue weighted by Gasteiger charge is 2.34. The summed E-state index contributed by atoms with van der Waals surface area (Å²) >= 11 is 0. The van der Waals surface area contributed by atoms with Crippen LogP contribution >= 0.6 is 0 Å². The number of carbonyl (C=O) groups is 1. The van der Waals surface area contributed by atoms with Crippen molar-refractivity contribution in [2.75, 3.05) is 0 Å². The standard InChI is InChI=1S/C19H36N2O2/c1-6-14-10-11-17(13(14)2)20-15-8-7-9-16(12-15)21-18(22)23-19(3,4)5/h13-17,20H,6-12H2,1-5H3,(H,21,22). The number of ether oxygens (including phenoxy) is 1. The molecule has 1 amide bonds. The van der Waals surface area contributed by atoms with Crippen LogP contribution in [0.2, 0.25) is 0 Å². The number of amides is 1. The zero-order valence-electron chi connectivity index (χ0n) is 15.7. The lowest BCUT2D eigenvalue weighted by Crippen LogP contribution is -2.48. The molecule has 0 spiro atoms. The normalized spacial score (nSPS) is 35.1. The molecule has 2 fully saturated rings. The maximum Gasteiger partial charge on any atom is 0.407 e. The van der Waals surface area contributed by atoms with Crippen LogP contribution in [0.25, 0.3) is 0 Å². The van der Waals surface area contributed by atoms with Gasteiger partial charge in [0.05, 0.1) is 0 Å². The molecule has 0 radical (unpaired) electrons. The van der Waals surface area contributed by atoms with E-state index in [-0.39, 0.29) is 12.1 Å². The molecule has 2 saturated carbocycles.